The third-order valence-electron chi connectivity index (χ3n) is 4.09. The molecule has 0 spiro atoms. The van der Waals surface area contributed by atoms with Crippen LogP contribution in [0.25, 0.3) is 0 Å². The second kappa shape index (κ2) is 3.38. The van der Waals surface area contributed by atoms with Crippen molar-refractivity contribution in [2.45, 2.75) is 49.5 Å². The van der Waals surface area contributed by atoms with E-state index >= 15 is 0 Å². The summed E-state index contributed by atoms with van der Waals surface area (Å²) in [7, 11) is 0. The molecule has 0 aromatic rings. The Morgan fingerprint density at radius 2 is 2.00 bits per heavy atom. The lowest BCUT2D eigenvalue weighted by Gasteiger charge is -2.49. The van der Waals surface area contributed by atoms with Crippen LogP contribution < -0.4 is 0 Å². The van der Waals surface area contributed by atoms with Crippen molar-refractivity contribution in [2.75, 3.05) is 0 Å². The van der Waals surface area contributed by atoms with Crippen LogP contribution in [0.3, 0.4) is 0 Å². The van der Waals surface area contributed by atoms with Crippen LogP contribution in [0, 0.1) is 5.92 Å². The van der Waals surface area contributed by atoms with Gasteiger partial charge in [0, 0.05) is 4.75 Å². The van der Waals surface area contributed by atoms with E-state index in [2.05, 4.69) is 0 Å². The highest BCUT2D eigenvalue weighted by atomic mass is 32.2. The Labute approximate surface area is 104 Å². The normalized spacial score (nSPS) is 40.8. The van der Waals surface area contributed by atoms with Gasteiger partial charge in [-0.05, 0) is 27.7 Å². The first-order chi connectivity index (χ1) is 7.64. The fourth-order valence-corrected chi connectivity index (χ4v) is 4.53. The second-order valence-corrected chi connectivity index (χ2v) is 7.11. The maximum Gasteiger partial charge on any atom is 0.330 e. The standard InChI is InChI=1S/C11H17NO4S/c1-5(13)6-7(14)12-8(6)17-10(2,3)11(12,4)9(15)16/h5-6,8,13H,1-4H3,(H,15,16)/t5?,6-,8+,11-/m0/s1. The fraction of sp³-hybridized carbons (Fsp3) is 0.818. The molecule has 0 saturated carbocycles. The van der Waals surface area contributed by atoms with Crippen LogP contribution in [0.5, 0.6) is 0 Å². The number of aliphatic hydroxyl groups is 1. The lowest BCUT2D eigenvalue weighted by Crippen LogP contribution is -2.70. The molecule has 4 atom stereocenters. The van der Waals surface area contributed by atoms with Crippen LogP contribution in [-0.2, 0) is 9.59 Å². The molecule has 0 bridgehead atoms. The van der Waals surface area contributed by atoms with Gasteiger partial charge in [0.2, 0.25) is 5.91 Å². The van der Waals surface area contributed by atoms with Gasteiger partial charge < -0.3 is 15.1 Å². The molecular weight excluding hydrogens is 242 g/mol. The average Bonchev–Trinajstić information content (AvgIpc) is 2.31. The Morgan fingerprint density at radius 3 is 2.41 bits per heavy atom. The van der Waals surface area contributed by atoms with Gasteiger partial charge in [0.1, 0.15) is 0 Å². The highest BCUT2D eigenvalue weighted by Gasteiger charge is 2.71. The smallest absolute Gasteiger partial charge is 0.330 e. The molecule has 2 fully saturated rings. The van der Waals surface area contributed by atoms with Gasteiger partial charge in [-0.1, -0.05) is 0 Å². The molecule has 2 saturated heterocycles. The molecule has 2 rings (SSSR count). The molecule has 6 heteroatoms. The Hall–Kier alpha value is -0.750. The number of carbonyl (C=O) groups is 2. The van der Waals surface area contributed by atoms with E-state index in [-0.39, 0.29) is 11.3 Å². The number of nitrogens with zero attached hydrogens (tertiary/aromatic N) is 1. The minimum atomic E-state index is -1.20. The number of carbonyl (C=O) groups excluding carboxylic acids is 1. The number of amides is 1. The Balaban J connectivity index is 2.40. The summed E-state index contributed by atoms with van der Waals surface area (Å²) in [6.07, 6.45) is -0.733. The van der Waals surface area contributed by atoms with Gasteiger partial charge in [0.15, 0.2) is 5.54 Å². The number of aliphatic carboxylic acids is 1. The Kier molecular flexibility index (Phi) is 2.53. The van der Waals surface area contributed by atoms with Crippen molar-refractivity contribution < 1.29 is 19.8 Å². The fourth-order valence-electron chi connectivity index (χ4n) is 2.60. The number of fused-ring (bicyclic) bond motifs is 1. The predicted octanol–water partition coefficient (Wildman–Crippen LogP) is 0.520. The summed E-state index contributed by atoms with van der Waals surface area (Å²) in [5.41, 5.74) is -1.20. The molecular formula is C11H17NO4S. The van der Waals surface area contributed by atoms with Crippen molar-refractivity contribution in [1.29, 1.82) is 0 Å². The number of hydrogen-bond donors (Lipinski definition) is 2. The number of carboxylic acids is 1. The predicted molar refractivity (Wildman–Crippen MR) is 63.5 cm³/mol. The summed E-state index contributed by atoms with van der Waals surface area (Å²) >= 11 is 1.46. The van der Waals surface area contributed by atoms with E-state index in [1.807, 2.05) is 13.8 Å². The van der Waals surface area contributed by atoms with Crippen molar-refractivity contribution in [3.05, 3.63) is 0 Å². The molecule has 1 unspecified atom stereocenters. The first-order valence-electron chi connectivity index (χ1n) is 5.57. The third kappa shape index (κ3) is 1.31. The van der Waals surface area contributed by atoms with Gasteiger partial charge >= 0.3 is 5.97 Å². The second-order valence-electron chi connectivity index (χ2n) is 5.37. The van der Waals surface area contributed by atoms with Gasteiger partial charge in [-0.3, -0.25) is 4.79 Å². The summed E-state index contributed by atoms with van der Waals surface area (Å²) < 4.78 is -0.567. The van der Waals surface area contributed by atoms with Crippen molar-refractivity contribution in [3.63, 3.8) is 0 Å². The van der Waals surface area contributed by atoms with Crippen molar-refractivity contribution >= 4 is 23.6 Å². The molecule has 2 aliphatic heterocycles. The monoisotopic (exact) mass is 259 g/mol. The molecule has 0 radical (unpaired) electrons. The molecule has 17 heavy (non-hydrogen) atoms. The highest BCUT2D eigenvalue weighted by Crippen LogP contribution is 2.59. The summed E-state index contributed by atoms with van der Waals surface area (Å²) in [5, 5.41) is 18.7. The van der Waals surface area contributed by atoms with Crippen LogP contribution >= 0.6 is 11.8 Å². The van der Waals surface area contributed by atoms with Crippen molar-refractivity contribution in [2.24, 2.45) is 5.92 Å². The molecule has 2 aliphatic rings. The van der Waals surface area contributed by atoms with E-state index in [4.69, 9.17) is 0 Å². The zero-order valence-corrected chi connectivity index (χ0v) is 11.1. The summed E-state index contributed by atoms with van der Waals surface area (Å²) in [6.45, 7) is 6.81. The van der Waals surface area contributed by atoms with Gasteiger partial charge in [-0.25, -0.2) is 4.79 Å². The third-order valence-corrected chi connectivity index (χ3v) is 5.82. The molecule has 0 aromatic heterocycles. The van der Waals surface area contributed by atoms with Crippen LogP contribution in [0.4, 0.5) is 0 Å². The van der Waals surface area contributed by atoms with Crippen LogP contribution in [0.1, 0.15) is 27.7 Å². The van der Waals surface area contributed by atoms with Crippen molar-refractivity contribution in [1.82, 2.24) is 4.90 Å². The van der Waals surface area contributed by atoms with Crippen LogP contribution in [0.15, 0.2) is 0 Å². The summed E-state index contributed by atoms with van der Waals surface area (Å²) in [4.78, 5) is 24.9. The number of thioether (sulfide) groups is 1. The van der Waals surface area contributed by atoms with E-state index < -0.39 is 28.3 Å². The van der Waals surface area contributed by atoms with E-state index in [1.54, 1.807) is 13.8 Å². The van der Waals surface area contributed by atoms with E-state index in [1.165, 1.54) is 16.7 Å². The quantitative estimate of drug-likeness (QED) is 0.707. The van der Waals surface area contributed by atoms with Crippen LogP contribution in [-0.4, -0.2) is 48.8 Å². The molecule has 1 amide bonds. The van der Waals surface area contributed by atoms with E-state index in [0.29, 0.717) is 0 Å². The van der Waals surface area contributed by atoms with Gasteiger partial charge in [0.05, 0.1) is 17.4 Å². The maximum atomic E-state index is 12.0. The molecule has 2 N–H and O–H groups in total. The number of rotatable bonds is 2. The van der Waals surface area contributed by atoms with E-state index in [9.17, 15) is 19.8 Å². The lowest BCUT2D eigenvalue weighted by atomic mass is 9.80. The SMILES string of the molecule is CC(O)[C@H]1C(=O)N2[C@@H]1SC(C)(C)[C@]2(C)C(=O)O. The Morgan fingerprint density at radius 1 is 1.47 bits per heavy atom. The number of carboxylic acid groups (broad SMARTS) is 1. The van der Waals surface area contributed by atoms with E-state index in [0.717, 1.165) is 0 Å². The molecule has 5 nitrogen and oxygen atoms in total. The number of aliphatic hydroxyl groups excluding tert-OH is 1. The van der Waals surface area contributed by atoms with Gasteiger partial charge in [-0.15, -0.1) is 11.8 Å². The first kappa shape index (κ1) is 12.7. The topological polar surface area (TPSA) is 77.8 Å². The Bertz CT molecular complexity index is 395. The number of hydrogen-bond acceptors (Lipinski definition) is 4. The minimum Gasteiger partial charge on any atom is -0.479 e. The van der Waals surface area contributed by atoms with Gasteiger partial charge in [0.25, 0.3) is 0 Å². The zero-order valence-electron chi connectivity index (χ0n) is 10.3. The lowest BCUT2D eigenvalue weighted by molar-refractivity contribution is -0.177. The maximum absolute atomic E-state index is 12.0. The zero-order chi connectivity index (χ0) is 13.2. The average molecular weight is 259 g/mol. The number of β-lactam (4-membered cyclic amide) rings is 1. The summed E-state index contributed by atoms with van der Waals surface area (Å²) in [6, 6.07) is 0. The van der Waals surface area contributed by atoms with Gasteiger partial charge in [-0.2, -0.15) is 0 Å². The van der Waals surface area contributed by atoms with Crippen LogP contribution in [0.2, 0.25) is 0 Å². The summed E-state index contributed by atoms with van der Waals surface area (Å²) in [5.74, 6) is -1.72. The molecule has 0 aromatic carbocycles. The molecule has 96 valence electrons. The highest BCUT2D eigenvalue weighted by molar-refractivity contribution is 8.01. The molecule has 0 aliphatic carbocycles. The minimum absolute atomic E-state index is 0.224. The van der Waals surface area contributed by atoms with Crippen molar-refractivity contribution in [3.8, 4) is 0 Å². The largest absolute Gasteiger partial charge is 0.479 e. The first-order valence-corrected chi connectivity index (χ1v) is 6.45. The molecule has 2 heterocycles.